The SMILES string of the molecule is FC(F)(F)Oc1cc(-n2c3ccccc3c3ccccc32)ccc1C=Cc1ccc(-c2ccc(C=Cc3ccc(-n4c5ccccc5c5ccccc54)cc3OC(F)(F)F)cc2)cc1. The van der Waals surface area contributed by atoms with Crippen molar-refractivity contribution >= 4 is 67.9 Å². The van der Waals surface area contributed by atoms with E-state index in [2.05, 4.69) is 9.47 Å². The summed E-state index contributed by atoms with van der Waals surface area (Å²) >= 11 is 0. The molecule has 10 aromatic rings. The van der Waals surface area contributed by atoms with Gasteiger partial charge in [0.25, 0.3) is 0 Å². The Morgan fingerprint density at radius 1 is 0.344 bits per heavy atom. The lowest BCUT2D eigenvalue weighted by Crippen LogP contribution is -2.18. The van der Waals surface area contributed by atoms with Gasteiger partial charge in [0.15, 0.2) is 0 Å². The monoisotopic (exact) mass is 856 g/mol. The number of alkyl halides is 6. The average Bonchev–Trinajstić information content (AvgIpc) is 3.81. The Balaban J connectivity index is 0.880. The molecule has 2 aromatic heterocycles. The van der Waals surface area contributed by atoms with E-state index in [9.17, 15) is 26.3 Å². The highest BCUT2D eigenvalue weighted by Crippen LogP contribution is 2.38. The Hall–Kier alpha value is -7.98. The van der Waals surface area contributed by atoms with E-state index in [4.69, 9.17) is 0 Å². The topological polar surface area (TPSA) is 28.3 Å². The first-order chi connectivity index (χ1) is 31.0. The van der Waals surface area contributed by atoms with E-state index in [-0.39, 0.29) is 22.6 Å². The molecule has 8 aromatic carbocycles. The fourth-order valence-electron chi connectivity index (χ4n) is 8.37. The van der Waals surface area contributed by atoms with Gasteiger partial charge in [0.1, 0.15) is 11.5 Å². The minimum absolute atomic E-state index is 0.255. The van der Waals surface area contributed by atoms with E-state index in [1.807, 2.05) is 155 Å². The number of benzene rings is 8. The van der Waals surface area contributed by atoms with Crippen molar-refractivity contribution in [2.24, 2.45) is 0 Å². The van der Waals surface area contributed by atoms with Crippen molar-refractivity contribution in [2.75, 3.05) is 0 Å². The highest BCUT2D eigenvalue weighted by atomic mass is 19.4. The summed E-state index contributed by atoms with van der Waals surface area (Å²) in [6, 6.07) is 55.7. The molecule has 4 nitrogen and oxygen atoms in total. The van der Waals surface area contributed by atoms with Crippen LogP contribution in [0.2, 0.25) is 0 Å². The van der Waals surface area contributed by atoms with Gasteiger partial charge in [-0.2, -0.15) is 0 Å². The Morgan fingerprint density at radius 2 is 0.656 bits per heavy atom. The van der Waals surface area contributed by atoms with Crippen LogP contribution in [0.15, 0.2) is 182 Å². The molecule has 10 rings (SSSR count). The van der Waals surface area contributed by atoms with Gasteiger partial charge < -0.3 is 18.6 Å². The van der Waals surface area contributed by atoms with Gasteiger partial charge in [-0.25, -0.2) is 0 Å². The lowest BCUT2D eigenvalue weighted by Gasteiger charge is -2.15. The van der Waals surface area contributed by atoms with Crippen LogP contribution in [-0.4, -0.2) is 21.9 Å². The molecule has 0 N–H and O–H groups in total. The van der Waals surface area contributed by atoms with E-state index in [1.54, 1.807) is 48.6 Å². The molecule has 0 aliphatic carbocycles. The maximum Gasteiger partial charge on any atom is 0.573 e. The van der Waals surface area contributed by atoms with E-state index < -0.39 is 12.7 Å². The van der Waals surface area contributed by atoms with E-state index in [0.29, 0.717) is 11.4 Å². The second kappa shape index (κ2) is 16.0. The predicted octanol–water partition coefficient (Wildman–Crippen LogP) is 15.7. The summed E-state index contributed by atoms with van der Waals surface area (Å²) in [5.41, 5.74) is 8.33. The van der Waals surface area contributed by atoms with Gasteiger partial charge in [0.05, 0.1) is 22.1 Å². The third kappa shape index (κ3) is 7.97. The minimum atomic E-state index is -4.90. The molecule has 10 heteroatoms. The zero-order valence-electron chi connectivity index (χ0n) is 33.6. The predicted molar refractivity (Wildman–Crippen MR) is 245 cm³/mol. The number of hydrogen-bond acceptors (Lipinski definition) is 2. The van der Waals surface area contributed by atoms with Crippen molar-refractivity contribution in [3.05, 3.63) is 204 Å². The highest BCUT2D eigenvalue weighted by molar-refractivity contribution is 6.10. The number of nitrogens with zero attached hydrogens (tertiary/aromatic N) is 2. The molecule has 0 radical (unpaired) electrons. The van der Waals surface area contributed by atoms with E-state index >= 15 is 0 Å². The first kappa shape index (κ1) is 40.1. The molecular weight excluding hydrogens is 823 g/mol. The summed E-state index contributed by atoms with van der Waals surface area (Å²) in [4.78, 5) is 0. The molecule has 0 fully saturated rings. The summed E-state index contributed by atoms with van der Waals surface area (Å²) in [6.45, 7) is 0. The van der Waals surface area contributed by atoms with Crippen LogP contribution in [0.4, 0.5) is 26.3 Å². The number of aromatic nitrogens is 2. The molecule has 64 heavy (non-hydrogen) atoms. The lowest BCUT2D eigenvalue weighted by atomic mass is 10.0. The van der Waals surface area contributed by atoms with Crippen molar-refractivity contribution in [3.63, 3.8) is 0 Å². The van der Waals surface area contributed by atoms with Crippen molar-refractivity contribution in [1.29, 1.82) is 0 Å². The number of halogens is 6. The smallest absolute Gasteiger partial charge is 0.405 e. The molecule has 0 saturated heterocycles. The summed E-state index contributed by atoms with van der Waals surface area (Å²) in [5, 5.41) is 3.95. The van der Waals surface area contributed by atoms with Crippen LogP contribution in [0.25, 0.3) is 90.4 Å². The summed E-state index contributed by atoms with van der Waals surface area (Å²) < 4.78 is 95.3. The molecule has 0 aliphatic heterocycles. The normalized spacial score (nSPS) is 12.4. The van der Waals surface area contributed by atoms with Crippen LogP contribution >= 0.6 is 0 Å². The molecule has 0 unspecified atom stereocenters. The lowest BCUT2D eigenvalue weighted by molar-refractivity contribution is -0.275. The Morgan fingerprint density at radius 3 is 0.969 bits per heavy atom. The van der Waals surface area contributed by atoms with Gasteiger partial charge >= 0.3 is 12.7 Å². The number of rotatable bonds is 9. The number of ether oxygens (including phenoxy) is 2. The molecular formula is C54H34F6N2O2. The largest absolute Gasteiger partial charge is 0.573 e. The molecule has 2 heterocycles. The molecule has 0 amide bonds. The zero-order valence-corrected chi connectivity index (χ0v) is 33.6. The second-order valence-corrected chi connectivity index (χ2v) is 15.2. The van der Waals surface area contributed by atoms with Crippen LogP contribution in [0.1, 0.15) is 22.3 Å². The van der Waals surface area contributed by atoms with Gasteiger partial charge in [0.2, 0.25) is 0 Å². The van der Waals surface area contributed by atoms with Crippen LogP contribution in [0, 0.1) is 0 Å². The summed E-state index contributed by atoms with van der Waals surface area (Å²) in [7, 11) is 0. The minimum Gasteiger partial charge on any atom is -0.405 e. The van der Waals surface area contributed by atoms with Gasteiger partial charge in [-0.1, -0.05) is 146 Å². The van der Waals surface area contributed by atoms with Crippen molar-refractivity contribution in [3.8, 4) is 34.0 Å². The zero-order chi connectivity index (χ0) is 44.0. The van der Waals surface area contributed by atoms with Crippen molar-refractivity contribution in [2.45, 2.75) is 12.7 Å². The summed E-state index contributed by atoms with van der Waals surface area (Å²) in [5.74, 6) is -0.649. The van der Waals surface area contributed by atoms with Crippen LogP contribution < -0.4 is 9.47 Å². The van der Waals surface area contributed by atoms with Gasteiger partial charge in [0, 0.05) is 56.2 Å². The Labute approximate surface area is 362 Å². The van der Waals surface area contributed by atoms with Gasteiger partial charge in [-0.15, -0.1) is 26.3 Å². The first-order valence-corrected chi connectivity index (χ1v) is 20.3. The van der Waals surface area contributed by atoms with Crippen LogP contribution in [0.3, 0.4) is 0 Å². The number of para-hydroxylation sites is 4. The van der Waals surface area contributed by atoms with E-state index in [0.717, 1.165) is 65.9 Å². The maximum absolute atomic E-state index is 13.7. The second-order valence-electron chi connectivity index (χ2n) is 15.2. The third-order valence-corrected chi connectivity index (χ3v) is 11.2. The van der Waals surface area contributed by atoms with Gasteiger partial charge in [-0.05, 0) is 70.8 Å². The average molecular weight is 857 g/mol. The van der Waals surface area contributed by atoms with Crippen LogP contribution in [0.5, 0.6) is 11.5 Å². The highest BCUT2D eigenvalue weighted by Gasteiger charge is 2.33. The Kier molecular flexibility index (Phi) is 10.1. The maximum atomic E-state index is 13.7. The summed E-state index contributed by atoms with van der Waals surface area (Å²) in [6.07, 6.45) is -3.17. The standard InChI is InChI=1S/C54H34F6N2O2/c55-53(56,57)63-51-33-41(61-47-13-5-1-9-43(47)44-10-2-6-14-48(44)61)31-29-39(51)27-21-35-17-23-37(24-18-35)38-25-19-36(20-26-38)22-28-40-30-32-42(34-52(40)64-54(58,59)60)62-49-15-7-3-11-45(49)46-12-4-8-16-50(46)62/h1-34H. The molecule has 0 bridgehead atoms. The third-order valence-electron chi connectivity index (χ3n) is 11.2. The van der Waals surface area contributed by atoms with Gasteiger partial charge in [-0.3, -0.25) is 0 Å². The Bertz CT molecular complexity index is 3080. The van der Waals surface area contributed by atoms with E-state index in [1.165, 1.54) is 12.1 Å². The molecule has 0 aliphatic rings. The van der Waals surface area contributed by atoms with Crippen molar-refractivity contribution < 1.29 is 35.8 Å². The molecule has 0 saturated carbocycles. The quantitative estimate of drug-likeness (QED) is 0.107. The molecule has 0 atom stereocenters. The fourth-order valence-corrected chi connectivity index (χ4v) is 8.37. The van der Waals surface area contributed by atoms with Crippen LogP contribution in [-0.2, 0) is 0 Å². The number of fused-ring (bicyclic) bond motifs is 6. The first-order valence-electron chi connectivity index (χ1n) is 20.3. The van der Waals surface area contributed by atoms with Crippen molar-refractivity contribution in [1.82, 2.24) is 9.13 Å². The number of hydrogen-bond donors (Lipinski definition) is 0. The fraction of sp³-hybridized carbons (Fsp3) is 0.0370. The molecule has 0 spiro atoms. The molecule has 314 valence electrons.